The molecule has 2 aromatic heterocycles. The lowest BCUT2D eigenvalue weighted by atomic mass is 9.98. The number of fused-ring (bicyclic) bond motifs is 1. The predicted molar refractivity (Wildman–Crippen MR) is 78.4 cm³/mol. The van der Waals surface area contributed by atoms with Crippen molar-refractivity contribution in [1.82, 2.24) is 19.9 Å². The van der Waals surface area contributed by atoms with Gasteiger partial charge in [0.2, 0.25) is 0 Å². The largest absolute Gasteiger partial charge is 0.312 e. The van der Waals surface area contributed by atoms with Gasteiger partial charge in [-0.2, -0.15) is 5.10 Å². The molecule has 20 heavy (non-hydrogen) atoms. The molecule has 2 aromatic rings. The molecule has 2 aliphatic rings. The molecule has 106 valence electrons. The van der Waals surface area contributed by atoms with Gasteiger partial charge in [0.15, 0.2) is 5.65 Å². The van der Waals surface area contributed by atoms with Gasteiger partial charge in [-0.25, -0.2) is 9.50 Å². The minimum absolute atomic E-state index is 0.901. The first-order chi connectivity index (χ1) is 9.79. The summed E-state index contributed by atoms with van der Waals surface area (Å²) in [5, 5.41) is 8.05. The average Bonchev–Trinajstić information content (AvgIpc) is 3.32. The maximum atomic E-state index is 4.46. The third-order valence-electron chi connectivity index (χ3n) is 4.65. The van der Waals surface area contributed by atoms with Crippen LogP contribution in [0.5, 0.6) is 0 Å². The molecule has 0 aliphatic heterocycles. The van der Waals surface area contributed by atoms with E-state index in [4.69, 9.17) is 0 Å². The summed E-state index contributed by atoms with van der Waals surface area (Å²) in [6, 6.07) is 2.01. The number of hydrogen-bond donors (Lipinski definition) is 1. The number of hydrogen-bond acceptors (Lipinski definition) is 3. The summed E-state index contributed by atoms with van der Waals surface area (Å²) in [4.78, 5) is 4.46. The molecule has 2 aliphatic carbocycles. The van der Waals surface area contributed by atoms with Gasteiger partial charge in [-0.1, -0.05) is 0 Å². The highest BCUT2D eigenvalue weighted by Gasteiger charge is 2.40. The maximum Gasteiger partial charge on any atom is 0.155 e. The Bertz CT molecular complexity index is 598. The van der Waals surface area contributed by atoms with E-state index in [9.17, 15) is 0 Å². The standard InChI is InChI=1S/C16H22N4/c1-11-6-16-18-8-12(10-20(16)19-11)7-17-9-15(13-2-3-13)14-4-5-14/h6,8,10,13-15,17H,2-5,7,9H2,1H3. The van der Waals surface area contributed by atoms with E-state index < -0.39 is 0 Å². The van der Waals surface area contributed by atoms with Crippen LogP contribution in [0, 0.1) is 24.7 Å². The number of nitrogens with zero attached hydrogens (tertiary/aromatic N) is 3. The van der Waals surface area contributed by atoms with Crippen molar-refractivity contribution in [2.45, 2.75) is 39.2 Å². The minimum atomic E-state index is 0.901. The van der Waals surface area contributed by atoms with Crippen LogP contribution in [-0.2, 0) is 6.54 Å². The Hall–Kier alpha value is -1.42. The van der Waals surface area contributed by atoms with E-state index in [-0.39, 0.29) is 0 Å². The molecule has 4 nitrogen and oxygen atoms in total. The van der Waals surface area contributed by atoms with Gasteiger partial charge in [0.1, 0.15) is 0 Å². The van der Waals surface area contributed by atoms with Gasteiger partial charge < -0.3 is 5.32 Å². The Morgan fingerprint density at radius 2 is 2.05 bits per heavy atom. The highest BCUT2D eigenvalue weighted by atomic mass is 15.2. The smallest absolute Gasteiger partial charge is 0.155 e. The zero-order chi connectivity index (χ0) is 13.5. The summed E-state index contributed by atoms with van der Waals surface area (Å²) >= 11 is 0. The van der Waals surface area contributed by atoms with E-state index in [1.807, 2.05) is 23.7 Å². The molecule has 2 heterocycles. The molecular formula is C16H22N4. The van der Waals surface area contributed by atoms with E-state index in [0.717, 1.165) is 35.6 Å². The number of nitrogens with one attached hydrogen (secondary N) is 1. The van der Waals surface area contributed by atoms with Gasteiger partial charge in [0.25, 0.3) is 0 Å². The Kier molecular flexibility index (Phi) is 2.99. The van der Waals surface area contributed by atoms with Crippen molar-refractivity contribution in [3.05, 3.63) is 29.7 Å². The Labute approximate surface area is 119 Å². The molecule has 0 spiro atoms. The highest BCUT2D eigenvalue weighted by Crippen LogP contribution is 2.48. The van der Waals surface area contributed by atoms with Crippen LogP contribution in [0.3, 0.4) is 0 Å². The summed E-state index contributed by atoms with van der Waals surface area (Å²) < 4.78 is 1.88. The number of aromatic nitrogens is 3. The maximum absolute atomic E-state index is 4.46. The van der Waals surface area contributed by atoms with Crippen LogP contribution in [0.2, 0.25) is 0 Å². The quantitative estimate of drug-likeness (QED) is 0.877. The van der Waals surface area contributed by atoms with E-state index in [2.05, 4.69) is 21.6 Å². The van der Waals surface area contributed by atoms with Crippen LogP contribution in [-0.4, -0.2) is 21.1 Å². The summed E-state index contributed by atoms with van der Waals surface area (Å²) in [5.41, 5.74) is 3.16. The van der Waals surface area contributed by atoms with Crippen molar-refractivity contribution in [3.63, 3.8) is 0 Å². The monoisotopic (exact) mass is 270 g/mol. The molecule has 2 saturated carbocycles. The Morgan fingerprint density at radius 3 is 2.75 bits per heavy atom. The SMILES string of the molecule is Cc1cc2ncc(CNCC(C3CC3)C3CC3)cn2n1. The van der Waals surface area contributed by atoms with E-state index >= 15 is 0 Å². The third kappa shape index (κ3) is 2.57. The summed E-state index contributed by atoms with van der Waals surface area (Å²) in [7, 11) is 0. The fraction of sp³-hybridized carbons (Fsp3) is 0.625. The third-order valence-corrected chi connectivity index (χ3v) is 4.65. The zero-order valence-corrected chi connectivity index (χ0v) is 12.0. The van der Waals surface area contributed by atoms with Crippen LogP contribution in [0.15, 0.2) is 18.5 Å². The van der Waals surface area contributed by atoms with Crippen LogP contribution < -0.4 is 5.32 Å². The van der Waals surface area contributed by atoms with Crippen molar-refractivity contribution in [2.75, 3.05) is 6.54 Å². The summed E-state index contributed by atoms with van der Waals surface area (Å²) in [6.45, 7) is 4.08. The second kappa shape index (κ2) is 4.85. The minimum Gasteiger partial charge on any atom is -0.312 e. The zero-order valence-electron chi connectivity index (χ0n) is 12.0. The summed E-state index contributed by atoms with van der Waals surface area (Å²) in [5.74, 6) is 2.97. The van der Waals surface area contributed by atoms with E-state index in [0.29, 0.717) is 0 Å². The van der Waals surface area contributed by atoms with Crippen LogP contribution >= 0.6 is 0 Å². The fourth-order valence-corrected chi connectivity index (χ4v) is 3.28. The molecule has 4 rings (SSSR count). The fourth-order valence-electron chi connectivity index (χ4n) is 3.28. The van der Waals surface area contributed by atoms with Gasteiger partial charge >= 0.3 is 0 Å². The predicted octanol–water partition coefficient (Wildman–Crippen LogP) is 2.56. The molecule has 4 heteroatoms. The van der Waals surface area contributed by atoms with Crippen LogP contribution in [0.4, 0.5) is 0 Å². The molecule has 1 N–H and O–H groups in total. The van der Waals surface area contributed by atoms with Crippen molar-refractivity contribution < 1.29 is 0 Å². The lowest BCUT2D eigenvalue weighted by Gasteiger charge is -2.16. The average molecular weight is 270 g/mol. The number of aryl methyl sites for hydroxylation is 1. The van der Waals surface area contributed by atoms with Gasteiger partial charge in [-0.15, -0.1) is 0 Å². The number of rotatable bonds is 6. The van der Waals surface area contributed by atoms with E-state index in [1.54, 1.807) is 0 Å². The van der Waals surface area contributed by atoms with Crippen LogP contribution in [0.25, 0.3) is 5.65 Å². The molecule has 0 unspecified atom stereocenters. The molecular weight excluding hydrogens is 248 g/mol. The lowest BCUT2D eigenvalue weighted by Crippen LogP contribution is -2.25. The van der Waals surface area contributed by atoms with Crippen molar-refractivity contribution in [2.24, 2.45) is 17.8 Å². The van der Waals surface area contributed by atoms with Gasteiger partial charge in [-0.3, -0.25) is 0 Å². The van der Waals surface area contributed by atoms with Gasteiger partial charge in [0.05, 0.1) is 5.69 Å². The molecule has 0 atom stereocenters. The molecule has 0 radical (unpaired) electrons. The summed E-state index contributed by atoms with van der Waals surface area (Å²) in [6.07, 6.45) is 9.90. The highest BCUT2D eigenvalue weighted by molar-refractivity contribution is 5.38. The molecule has 0 saturated heterocycles. The van der Waals surface area contributed by atoms with E-state index in [1.165, 1.54) is 37.8 Å². The van der Waals surface area contributed by atoms with Gasteiger partial charge in [-0.05, 0) is 56.9 Å². The normalized spacial score (nSPS) is 19.1. The van der Waals surface area contributed by atoms with Crippen molar-refractivity contribution >= 4 is 5.65 Å². The first-order valence-electron chi connectivity index (χ1n) is 7.81. The Balaban J connectivity index is 1.37. The first-order valence-corrected chi connectivity index (χ1v) is 7.81. The molecule has 0 bridgehead atoms. The van der Waals surface area contributed by atoms with Crippen molar-refractivity contribution in [1.29, 1.82) is 0 Å². The molecule has 0 amide bonds. The van der Waals surface area contributed by atoms with Crippen LogP contribution in [0.1, 0.15) is 36.9 Å². The topological polar surface area (TPSA) is 42.2 Å². The molecule has 0 aromatic carbocycles. The Morgan fingerprint density at radius 1 is 1.30 bits per heavy atom. The lowest BCUT2D eigenvalue weighted by molar-refractivity contribution is 0.378. The van der Waals surface area contributed by atoms with Gasteiger partial charge in [0, 0.05) is 30.6 Å². The first kappa shape index (κ1) is 12.3. The van der Waals surface area contributed by atoms with Crippen molar-refractivity contribution in [3.8, 4) is 0 Å². The molecule has 2 fully saturated rings. The second-order valence-corrected chi connectivity index (χ2v) is 6.52. The second-order valence-electron chi connectivity index (χ2n) is 6.52.